The molecule has 1 heterocycles. The first-order chi connectivity index (χ1) is 15.0. The summed E-state index contributed by atoms with van der Waals surface area (Å²) in [7, 11) is -0.899. The molecule has 0 aliphatic heterocycles. The van der Waals surface area contributed by atoms with Crippen molar-refractivity contribution in [3.63, 3.8) is 0 Å². The van der Waals surface area contributed by atoms with Crippen LogP contribution in [0.2, 0.25) is 25.7 Å². The van der Waals surface area contributed by atoms with E-state index in [1.165, 1.54) is 51.0 Å². The van der Waals surface area contributed by atoms with Crippen molar-refractivity contribution in [3.05, 3.63) is 36.7 Å². The SMILES string of the molecule is CCCCCCCCOc1cnc(-c2ccc(OCCCCC[Si](C)(C)C)cc2)nc1. The second-order valence-corrected chi connectivity index (χ2v) is 15.2. The smallest absolute Gasteiger partial charge is 0.159 e. The molecular weight excluding hydrogens is 400 g/mol. The van der Waals surface area contributed by atoms with E-state index in [1.807, 2.05) is 24.3 Å². The maximum Gasteiger partial charge on any atom is 0.159 e. The molecule has 172 valence electrons. The summed E-state index contributed by atoms with van der Waals surface area (Å²) in [5, 5.41) is 0. The van der Waals surface area contributed by atoms with Gasteiger partial charge in [-0.2, -0.15) is 0 Å². The molecule has 0 N–H and O–H groups in total. The minimum atomic E-state index is -0.899. The Balaban J connectivity index is 1.66. The van der Waals surface area contributed by atoms with Crippen molar-refractivity contribution in [3.8, 4) is 22.9 Å². The molecule has 0 radical (unpaired) electrons. The Kier molecular flexibility index (Phi) is 11.6. The van der Waals surface area contributed by atoms with E-state index < -0.39 is 8.07 Å². The number of aromatic nitrogens is 2. The van der Waals surface area contributed by atoms with Gasteiger partial charge in [0.2, 0.25) is 0 Å². The normalized spacial score (nSPS) is 11.5. The third-order valence-corrected chi connectivity index (χ3v) is 7.20. The lowest BCUT2D eigenvalue weighted by Crippen LogP contribution is -2.18. The average Bonchev–Trinajstić information content (AvgIpc) is 2.76. The summed E-state index contributed by atoms with van der Waals surface area (Å²) in [4.78, 5) is 8.92. The first-order valence-corrected chi connectivity index (χ1v) is 15.9. The molecule has 1 aromatic heterocycles. The molecule has 0 bridgehead atoms. The van der Waals surface area contributed by atoms with E-state index in [4.69, 9.17) is 9.47 Å². The van der Waals surface area contributed by atoms with Gasteiger partial charge in [0.1, 0.15) is 5.75 Å². The van der Waals surface area contributed by atoms with Crippen molar-refractivity contribution in [1.82, 2.24) is 9.97 Å². The van der Waals surface area contributed by atoms with Crippen molar-refractivity contribution in [2.75, 3.05) is 13.2 Å². The van der Waals surface area contributed by atoms with Crippen LogP contribution >= 0.6 is 0 Å². The lowest BCUT2D eigenvalue weighted by atomic mass is 10.1. The van der Waals surface area contributed by atoms with Gasteiger partial charge in [-0.15, -0.1) is 0 Å². The molecule has 4 nitrogen and oxygen atoms in total. The molecular formula is C26H42N2O2Si. The average molecular weight is 443 g/mol. The lowest BCUT2D eigenvalue weighted by Gasteiger charge is -2.15. The van der Waals surface area contributed by atoms with Crippen LogP contribution in [0.3, 0.4) is 0 Å². The summed E-state index contributed by atoms with van der Waals surface area (Å²) in [6, 6.07) is 9.46. The number of rotatable bonds is 16. The Morgan fingerprint density at radius 2 is 1.23 bits per heavy atom. The zero-order chi connectivity index (χ0) is 22.4. The van der Waals surface area contributed by atoms with Gasteiger partial charge in [-0.25, -0.2) is 9.97 Å². The minimum absolute atomic E-state index is 0.713. The third-order valence-electron chi connectivity index (χ3n) is 5.35. The standard InChI is InChI=1S/C26H42N2O2Si/c1-5-6-7-8-9-11-19-30-25-21-27-26(28-22-25)23-14-16-24(17-15-23)29-18-12-10-13-20-31(2,3)4/h14-17,21-22H,5-13,18-20H2,1-4H3. The van der Waals surface area contributed by atoms with Crippen molar-refractivity contribution < 1.29 is 9.47 Å². The van der Waals surface area contributed by atoms with Crippen LogP contribution in [0, 0.1) is 0 Å². The summed E-state index contributed by atoms with van der Waals surface area (Å²) in [6.07, 6.45) is 14.8. The quantitative estimate of drug-likeness (QED) is 0.197. The Morgan fingerprint density at radius 1 is 0.677 bits per heavy atom. The van der Waals surface area contributed by atoms with Crippen molar-refractivity contribution in [1.29, 1.82) is 0 Å². The highest BCUT2D eigenvalue weighted by Crippen LogP contribution is 2.21. The number of hydrogen-bond donors (Lipinski definition) is 0. The Morgan fingerprint density at radius 3 is 1.84 bits per heavy atom. The molecule has 0 spiro atoms. The molecule has 0 atom stereocenters. The van der Waals surface area contributed by atoms with E-state index >= 15 is 0 Å². The van der Waals surface area contributed by atoms with Crippen molar-refractivity contribution in [2.45, 2.75) is 90.4 Å². The van der Waals surface area contributed by atoms with Crippen LogP contribution in [0.25, 0.3) is 11.4 Å². The molecule has 0 fully saturated rings. The second-order valence-electron chi connectivity index (χ2n) is 9.60. The van der Waals surface area contributed by atoms with E-state index in [-0.39, 0.29) is 0 Å². The third kappa shape index (κ3) is 11.3. The highest BCUT2D eigenvalue weighted by atomic mass is 28.3. The summed E-state index contributed by atoms with van der Waals surface area (Å²) in [6.45, 7) is 11.1. The zero-order valence-electron chi connectivity index (χ0n) is 20.2. The van der Waals surface area contributed by atoms with Gasteiger partial charge < -0.3 is 9.47 Å². The molecule has 0 aliphatic rings. The monoisotopic (exact) mass is 442 g/mol. The van der Waals surface area contributed by atoms with Crippen LogP contribution in [0.15, 0.2) is 36.7 Å². The van der Waals surface area contributed by atoms with Gasteiger partial charge in [-0.1, -0.05) is 77.6 Å². The first kappa shape index (κ1) is 25.4. The van der Waals surface area contributed by atoms with Gasteiger partial charge in [0, 0.05) is 13.6 Å². The highest BCUT2D eigenvalue weighted by molar-refractivity contribution is 6.76. The van der Waals surface area contributed by atoms with E-state index in [9.17, 15) is 0 Å². The van der Waals surface area contributed by atoms with Gasteiger partial charge in [0.25, 0.3) is 0 Å². The molecule has 0 aliphatic carbocycles. The molecule has 31 heavy (non-hydrogen) atoms. The maximum atomic E-state index is 5.88. The van der Waals surface area contributed by atoms with Crippen LogP contribution in [0.4, 0.5) is 0 Å². The number of unbranched alkanes of at least 4 members (excludes halogenated alkanes) is 7. The van der Waals surface area contributed by atoms with E-state index in [0.29, 0.717) is 5.82 Å². The van der Waals surface area contributed by atoms with Gasteiger partial charge in [0.15, 0.2) is 11.6 Å². The van der Waals surface area contributed by atoms with Gasteiger partial charge in [-0.05, 0) is 37.1 Å². The van der Waals surface area contributed by atoms with E-state index in [2.05, 4.69) is 36.5 Å². The van der Waals surface area contributed by atoms with Gasteiger partial charge >= 0.3 is 0 Å². The first-order valence-electron chi connectivity index (χ1n) is 12.2. The van der Waals surface area contributed by atoms with Crippen molar-refractivity contribution in [2.24, 2.45) is 0 Å². The number of benzene rings is 1. The molecule has 5 heteroatoms. The predicted molar refractivity (Wildman–Crippen MR) is 134 cm³/mol. The molecule has 2 aromatic rings. The van der Waals surface area contributed by atoms with Gasteiger partial charge in [-0.3, -0.25) is 0 Å². The number of ether oxygens (including phenoxy) is 2. The Labute approximate surface area is 190 Å². The predicted octanol–water partition coefficient (Wildman–Crippen LogP) is 7.77. The van der Waals surface area contributed by atoms with Crippen LogP contribution in [-0.2, 0) is 0 Å². The van der Waals surface area contributed by atoms with Gasteiger partial charge in [0.05, 0.1) is 25.6 Å². The molecule has 0 saturated carbocycles. The molecule has 0 amide bonds. The van der Waals surface area contributed by atoms with Crippen LogP contribution in [-0.4, -0.2) is 31.3 Å². The minimum Gasteiger partial charge on any atom is -0.494 e. The lowest BCUT2D eigenvalue weighted by molar-refractivity contribution is 0.302. The van der Waals surface area contributed by atoms with Crippen molar-refractivity contribution >= 4 is 8.07 Å². The van der Waals surface area contributed by atoms with E-state index in [1.54, 1.807) is 12.4 Å². The number of hydrogen-bond acceptors (Lipinski definition) is 4. The zero-order valence-corrected chi connectivity index (χ0v) is 21.2. The maximum absolute atomic E-state index is 5.88. The summed E-state index contributed by atoms with van der Waals surface area (Å²) in [5.74, 6) is 2.36. The van der Waals surface area contributed by atoms with Crippen LogP contribution < -0.4 is 9.47 Å². The largest absolute Gasteiger partial charge is 0.494 e. The number of nitrogens with zero attached hydrogens (tertiary/aromatic N) is 2. The van der Waals surface area contributed by atoms with Crippen LogP contribution in [0.5, 0.6) is 11.5 Å². The topological polar surface area (TPSA) is 44.2 Å². The fourth-order valence-electron chi connectivity index (χ4n) is 3.44. The summed E-state index contributed by atoms with van der Waals surface area (Å²) >= 11 is 0. The molecule has 0 saturated heterocycles. The fourth-order valence-corrected chi connectivity index (χ4v) is 4.75. The second kappa shape index (κ2) is 14.2. The van der Waals surface area contributed by atoms with Crippen LogP contribution in [0.1, 0.15) is 64.7 Å². The molecule has 2 rings (SSSR count). The Bertz CT molecular complexity index is 712. The Hall–Kier alpha value is -1.88. The summed E-state index contributed by atoms with van der Waals surface area (Å²) < 4.78 is 11.7. The fraction of sp³-hybridized carbons (Fsp3) is 0.615. The van der Waals surface area contributed by atoms with E-state index in [0.717, 1.165) is 43.1 Å². The summed E-state index contributed by atoms with van der Waals surface area (Å²) in [5.41, 5.74) is 0.991. The molecule has 1 aromatic carbocycles. The molecule has 0 unspecified atom stereocenters. The highest BCUT2D eigenvalue weighted by Gasteiger charge is 2.11.